The Balaban J connectivity index is 0.000000215. The fraction of sp³-hybridized carbons (Fsp3) is 0.222. The van der Waals surface area contributed by atoms with E-state index in [1.54, 1.807) is 0 Å². The van der Waals surface area contributed by atoms with Crippen LogP contribution in [0.25, 0.3) is 22.5 Å². The zero-order valence-corrected chi connectivity index (χ0v) is 25.8. The van der Waals surface area contributed by atoms with Crippen LogP contribution in [0.3, 0.4) is 0 Å². The van der Waals surface area contributed by atoms with Crippen LogP contribution in [0.4, 0.5) is 0 Å². The number of aromatic nitrogens is 2. The molecule has 0 aliphatic rings. The van der Waals surface area contributed by atoms with E-state index in [0.717, 1.165) is 28.9 Å². The summed E-state index contributed by atoms with van der Waals surface area (Å²) in [6, 6.07) is 41.7. The van der Waals surface area contributed by atoms with Gasteiger partial charge in [-0.25, -0.2) is 0 Å². The van der Waals surface area contributed by atoms with Gasteiger partial charge in [-0.05, 0) is 46.3 Å². The van der Waals surface area contributed by atoms with E-state index >= 15 is 0 Å². The van der Waals surface area contributed by atoms with Crippen molar-refractivity contribution in [3.63, 3.8) is 0 Å². The monoisotopic (exact) mass is 689 g/mol. The zero-order chi connectivity index (χ0) is 27.0. The topological polar surface area (TPSA) is 25.8 Å². The first kappa shape index (κ1) is 30.2. The van der Waals surface area contributed by atoms with Gasteiger partial charge >= 0.3 is 0 Å². The molecule has 39 heavy (non-hydrogen) atoms. The summed E-state index contributed by atoms with van der Waals surface area (Å²) in [6.07, 6.45) is 4.76. The van der Waals surface area contributed by atoms with Crippen molar-refractivity contribution in [3.05, 3.63) is 144 Å². The first-order valence-electron chi connectivity index (χ1n) is 13.1. The third-order valence-electron chi connectivity index (χ3n) is 6.51. The molecule has 0 unspecified atom stereocenters. The van der Waals surface area contributed by atoms with Crippen LogP contribution in [-0.4, -0.2) is 9.97 Å². The predicted octanol–water partition coefficient (Wildman–Crippen LogP) is 9.01. The van der Waals surface area contributed by atoms with Crippen LogP contribution in [0.1, 0.15) is 51.3 Å². The summed E-state index contributed by atoms with van der Waals surface area (Å²) >= 11 is 0. The molecule has 0 fully saturated rings. The Bertz CT molecular complexity index is 1410. The fourth-order valence-corrected chi connectivity index (χ4v) is 4.41. The van der Waals surface area contributed by atoms with E-state index < -0.39 is 0 Å². The molecule has 3 aromatic carbocycles. The molecule has 5 aromatic rings. The molecule has 201 valence electrons. The van der Waals surface area contributed by atoms with Crippen molar-refractivity contribution in [1.29, 1.82) is 0 Å². The summed E-state index contributed by atoms with van der Waals surface area (Å²) in [4.78, 5) is 8.78. The molecule has 3 heteroatoms. The standard InChI is InChI=1S/C20H18N.C16H18N.Ir/c1-20(2,17-8-4-3-5-9-17)18-13-11-16(12-14-18)19-10-6-7-15-21-19;1-16(2,3)12-13-9-10-17-15(11-13)14-7-5-4-6-8-14;/h3-11,13-15H,1-2H3;4-7,9-11H,12H2,1-3H3;/q2*-1;. The average Bonchev–Trinajstić information content (AvgIpc) is 2.94. The summed E-state index contributed by atoms with van der Waals surface area (Å²) in [7, 11) is 0. The van der Waals surface area contributed by atoms with Gasteiger partial charge < -0.3 is 9.97 Å². The minimum atomic E-state index is -0.0274. The molecule has 0 saturated carbocycles. The minimum Gasteiger partial charge on any atom is -0.305 e. The van der Waals surface area contributed by atoms with Crippen LogP contribution in [0.15, 0.2) is 116 Å². The fourth-order valence-electron chi connectivity index (χ4n) is 4.41. The average molecular weight is 689 g/mol. The van der Waals surface area contributed by atoms with Crippen molar-refractivity contribution < 1.29 is 20.1 Å². The van der Waals surface area contributed by atoms with Crippen molar-refractivity contribution >= 4 is 0 Å². The van der Waals surface area contributed by atoms with Crippen LogP contribution in [-0.2, 0) is 31.9 Å². The third-order valence-corrected chi connectivity index (χ3v) is 6.51. The van der Waals surface area contributed by atoms with Crippen molar-refractivity contribution in [2.45, 2.75) is 46.5 Å². The second-order valence-electron chi connectivity index (χ2n) is 11.3. The molecule has 0 amide bonds. The Morgan fingerprint density at radius 2 is 1.31 bits per heavy atom. The van der Waals surface area contributed by atoms with E-state index in [4.69, 9.17) is 0 Å². The summed E-state index contributed by atoms with van der Waals surface area (Å²) in [5, 5.41) is 0. The van der Waals surface area contributed by atoms with E-state index in [1.807, 2.05) is 54.9 Å². The molecule has 0 bridgehead atoms. The number of pyridine rings is 2. The number of rotatable bonds is 5. The summed E-state index contributed by atoms with van der Waals surface area (Å²) < 4.78 is 0. The summed E-state index contributed by atoms with van der Waals surface area (Å²) in [5.41, 5.74) is 8.23. The molecule has 0 spiro atoms. The largest absolute Gasteiger partial charge is 0.305 e. The molecule has 0 N–H and O–H groups in total. The Labute approximate surface area is 248 Å². The smallest absolute Gasteiger partial charge is 0.0163 e. The third kappa shape index (κ3) is 8.55. The molecule has 5 rings (SSSR count). The van der Waals surface area contributed by atoms with Gasteiger partial charge in [0, 0.05) is 32.5 Å². The van der Waals surface area contributed by atoms with Crippen molar-refractivity contribution in [1.82, 2.24) is 9.97 Å². The second kappa shape index (κ2) is 13.6. The number of benzene rings is 3. The molecule has 0 saturated heterocycles. The first-order valence-corrected chi connectivity index (χ1v) is 13.1. The zero-order valence-electron chi connectivity index (χ0n) is 23.4. The van der Waals surface area contributed by atoms with E-state index in [-0.39, 0.29) is 25.5 Å². The van der Waals surface area contributed by atoms with E-state index in [2.05, 4.69) is 117 Å². The van der Waals surface area contributed by atoms with Gasteiger partial charge in [0.2, 0.25) is 0 Å². The Hall–Kier alpha value is -3.39. The molecule has 1 radical (unpaired) electrons. The van der Waals surface area contributed by atoms with Crippen LogP contribution < -0.4 is 0 Å². The number of nitrogens with zero attached hydrogens (tertiary/aromatic N) is 2. The van der Waals surface area contributed by atoms with Gasteiger partial charge in [-0.15, -0.1) is 71.3 Å². The van der Waals surface area contributed by atoms with Crippen LogP contribution >= 0.6 is 0 Å². The van der Waals surface area contributed by atoms with Gasteiger partial charge in [-0.3, -0.25) is 0 Å². The maximum absolute atomic E-state index is 4.41. The molecule has 0 atom stereocenters. The van der Waals surface area contributed by atoms with Crippen LogP contribution in [0, 0.1) is 17.5 Å². The van der Waals surface area contributed by atoms with Crippen LogP contribution in [0.5, 0.6) is 0 Å². The molecule has 2 aromatic heterocycles. The molecule has 2 nitrogen and oxygen atoms in total. The maximum Gasteiger partial charge on any atom is 0.0163 e. The maximum atomic E-state index is 4.41. The van der Waals surface area contributed by atoms with Gasteiger partial charge in [-0.1, -0.05) is 88.7 Å². The first-order chi connectivity index (χ1) is 18.2. The van der Waals surface area contributed by atoms with Crippen molar-refractivity contribution in [2.24, 2.45) is 5.41 Å². The molecule has 2 heterocycles. The Morgan fingerprint density at radius 3 is 1.92 bits per heavy atom. The summed E-state index contributed by atoms with van der Waals surface area (Å²) in [6.45, 7) is 11.2. The molecular weight excluding hydrogens is 653 g/mol. The van der Waals surface area contributed by atoms with Gasteiger partial charge in [0.15, 0.2) is 0 Å². The van der Waals surface area contributed by atoms with Crippen molar-refractivity contribution in [2.75, 3.05) is 0 Å². The Kier molecular flexibility index (Phi) is 10.5. The SMILES string of the molecule is CC(C)(C)Cc1ccnc(-c2[c-]cccc2)c1.CC(C)(c1c[c-]c(-c2ccccn2)cc1)c1ccccc1.[Ir]. The molecular formula is C36H36IrN2-2. The van der Waals surface area contributed by atoms with Crippen molar-refractivity contribution in [3.8, 4) is 22.5 Å². The van der Waals surface area contributed by atoms with E-state index in [9.17, 15) is 0 Å². The van der Waals surface area contributed by atoms with Gasteiger partial charge in [0.05, 0.1) is 0 Å². The molecule has 0 aliphatic carbocycles. The van der Waals surface area contributed by atoms with Crippen LogP contribution in [0.2, 0.25) is 0 Å². The number of hydrogen-bond acceptors (Lipinski definition) is 2. The Morgan fingerprint density at radius 1 is 0.615 bits per heavy atom. The number of hydrogen-bond donors (Lipinski definition) is 0. The van der Waals surface area contributed by atoms with E-state index in [1.165, 1.54) is 16.7 Å². The quantitative estimate of drug-likeness (QED) is 0.172. The normalized spacial score (nSPS) is 11.1. The second-order valence-corrected chi connectivity index (χ2v) is 11.3. The minimum absolute atomic E-state index is 0. The molecule has 0 aliphatic heterocycles. The van der Waals surface area contributed by atoms with E-state index in [0.29, 0.717) is 5.41 Å². The van der Waals surface area contributed by atoms with Gasteiger partial charge in [0.25, 0.3) is 0 Å². The summed E-state index contributed by atoms with van der Waals surface area (Å²) in [5.74, 6) is 0. The van der Waals surface area contributed by atoms with Gasteiger partial charge in [0.1, 0.15) is 0 Å². The predicted molar refractivity (Wildman–Crippen MR) is 159 cm³/mol. The van der Waals surface area contributed by atoms with Gasteiger partial charge in [-0.2, -0.15) is 0 Å².